The lowest BCUT2D eigenvalue weighted by Crippen LogP contribution is -1.96. The van der Waals surface area contributed by atoms with Crippen molar-refractivity contribution < 1.29 is 14.3 Å². The number of carbonyl (C=O) groups is 1. The molecule has 82 valence electrons. The fraction of sp³-hybridized carbons (Fsp3) is 0.0909. The summed E-state index contributed by atoms with van der Waals surface area (Å²) in [6.07, 6.45) is 4.77. The predicted octanol–water partition coefficient (Wildman–Crippen LogP) is 2.67. The minimum Gasteiger partial charge on any atom is -0.478 e. The first-order valence-corrected chi connectivity index (χ1v) is 5.57. The molecule has 0 spiro atoms. The summed E-state index contributed by atoms with van der Waals surface area (Å²) in [7, 11) is 0. The fourth-order valence-corrected chi connectivity index (χ4v) is 1.98. The summed E-state index contributed by atoms with van der Waals surface area (Å²) in [5, 5.41) is 9.50. The lowest BCUT2D eigenvalue weighted by molar-refractivity contribution is 0.0696. The lowest BCUT2D eigenvalue weighted by Gasteiger charge is -1.99. The molecule has 0 bridgehead atoms. The van der Waals surface area contributed by atoms with Gasteiger partial charge < -0.3 is 9.52 Å². The highest BCUT2D eigenvalue weighted by Gasteiger charge is 2.05. The van der Waals surface area contributed by atoms with Crippen LogP contribution in [0.2, 0.25) is 0 Å². The third kappa shape index (κ3) is 2.64. The van der Waals surface area contributed by atoms with Crippen molar-refractivity contribution in [1.82, 2.24) is 4.98 Å². The van der Waals surface area contributed by atoms with Gasteiger partial charge in [0.05, 0.1) is 23.1 Å². The van der Waals surface area contributed by atoms with E-state index >= 15 is 0 Å². The van der Waals surface area contributed by atoms with Gasteiger partial charge in [-0.05, 0) is 18.2 Å². The van der Waals surface area contributed by atoms with E-state index in [1.54, 1.807) is 18.6 Å². The molecule has 1 N–H and O–H groups in total. The fourth-order valence-electron chi connectivity index (χ4n) is 1.15. The zero-order chi connectivity index (χ0) is 11.4. The zero-order valence-electron chi connectivity index (χ0n) is 8.29. The molecule has 2 rings (SSSR count). The van der Waals surface area contributed by atoms with Gasteiger partial charge >= 0.3 is 5.97 Å². The summed E-state index contributed by atoms with van der Waals surface area (Å²) in [5.41, 5.74) is 1.30. The van der Waals surface area contributed by atoms with E-state index in [4.69, 9.17) is 9.52 Å². The molecule has 0 aliphatic heterocycles. The highest BCUT2D eigenvalue weighted by Crippen LogP contribution is 2.21. The summed E-state index contributed by atoms with van der Waals surface area (Å²) >= 11 is 1.48. The topological polar surface area (TPSA) is 63.3 Å². The Hall–Kier alpha value is -1.75. The number of hydrogen-bond donors (Lipinski definition) is 1. The van der Waals surface area contributed by atoms with Gasteiger partial charge in [-0.1, -0.05) is 0 Å². The maximum atomic E-state index is 10.7. The Kier molecular flexibility index (Phi) is 3.26. The van der Waals surface area contributed by atoms with E-state index in [0.717, 1.165) is 5.56 Å². The predicted molar refractivity (Wildman–Crippen MR) is 59.5 cm³/mol. The summed E-state index contributed by atoms with van der Waals surface area (Å²) < 4.78 is 4.94. The summed E-state index contributed by atoms with van der Waals surface area (Å²) in [5.74, 6) is -0.223. The highest BCUT2D eigenvalue weighted by molar-refractivity contribution is 7.98. The van der Waals surface area contributed by atoms with Gasteiger partial charge in [-0.2, -0.15) is 0 Å². The smallest absolute Gasteiger partial charge is 0.335 e. The molecule has 0 saturated carbocycles. The molecule has 0 radical (unpaired) electrons. The molecule has 0 aliphatic rings. The van der Waals surface area contributed by atoms with Gasteiger partial charge in [-0.15, -0.1) is 11.8 Å². The molecule has 5 heteroatoms. The number of carboxylic acid groups (broad SMARTS) is 1. The SMILES string of the molecule is O=C(O)c1ccnc(SCc2ccoc2)c1. The molecule has 2 aromatic heterocycles. The van der Waals surface area contributed by atoms with Crippen LogP contribution in [0.25, 0.3) is 0 Å². The van der Waals surface area contributed by atoms with Gasteiger partial charge in [0, 0.05) is 17.5 Å². The van der Waals surface area contributed by atoms with E-state index in [0.29, 0.717) is 10.8 Å². The van der Waals surface area contributed by atoms with Crippen LogP contribution < -0.4 is 0 Å². The molecule has 0 saturated heterocycles. The van der Waals surface area contributed by atoms with Crippen LogP contribution >= 0.6 is 11.8 Å². The van der Waals surface area contributed by atoms with Crippen LogP contribution in [0, 0.1) is 0 Å². The minimum absolute atomic E-state index is 0.254. The van der Waals surface area contributed by atoms with Gasteiger partial charge in [0.1, 0.15) is 0 Å². The van der Waals surface area contributed by atoms with E-state index in [9.17, 15) is 4.79 Å². The maximum absolute atomic E-state index is 10.7. The van der Waals surface area contributed by atoms with Crippen LogP contribution in [-0.2, 0) is 5.75 Å². The molecule has 0 atom stereocenters. The van der Waals surface area contributed by atoms with E-state index in [1.807, 2.05) is 6.07 Å². The molecule has 16 heavy (non-hydrogen) atoms. The third-order valence-corrected chi connectivity index (χ3v) is 2.95. The molecule has 0 aromatic carbocycles. The second-order valence-electron chi connectivity index (χ2n) is 3.11. The van der Waals surface area contributed by atoms with Gasteiger partial charge in [0.25, 0.3) is 0 Å². The number of pyridine rings is 1. The van der Waals surface area contributed by atoms with Crippen molar-refractivity contribution in [3.8, 4) is 0 Å². The Morgan fingerprint density at radius 1 is 1.50 bits per heavy atom. The van der Waals surface area contributed by atoms with Crippen LogP contribution in [0.4, 0.5) is 0 Å². The number of furan rings is 1. The second-order valence-corrected chi connectivity index (χ2v) is 4.10. The second kappa shape index (κ2) is 4.85. The molecule has 2 aromatic rings. The molecule has 4 nitrogen and oxygen atoms in total. The van der Waals surface area contributed by atoms with Crippen LogP contribution in [0.5, 0.6) is 0 Å². The quantitative estimate of drug-likeness (QED) is 0.825. The summed E-state index contributed by atoms with van der Waals surface area (Å²) in [6, 6.07) is 4.91. The molecule has 0 unspecified atom stereocenters. The number of carboxylic acids is 1. The number of aromatic carboxylic acids is 1. The van der Waals surface area contributed by atoms with Gasteiger partial charge in [-0.3, -0.25) is 0 Å². The Labute approximate surface area is 96.3 Å². The first-order valence-electron chi connectivity index (χ1n) is 4.59. The Bertz CT molecular complexity index is 482. The Morgan fingerprint density at radius 2 is 2.38 bits per heavy atom. The molecule has 0 amide bonds. The van der Waals surface area contributed by atoms with Crippen LogP contribution in [0.1, 0.15) is 15.9 Å². The third-order valence-electron chi connectivity index (χ3n) is 1.95. The molecule has 0 aliphatic carbocycles. The number of aromatic nitrogens is 1. The summed E-state index contributed by atoms with van der Waals surface area (Å²) in [6.45, 7) is 0. The van der Waals surface area contributed by atoms with E-state index in [1.165, 1.54) is 24.0 Å². The summed E-state index contributed by atoms with van der Waals surface area (Å²) in [4.78, 5) is 14.8. The van der Waals surface area contributed by atoms with E-state index in [-0.39, 0.29) is 5.56 Å². The average molecular weight is 235 g/mol. The average Bonchev–Trinajstić information content (AvgIpc) is 2.79. The molecular formula is C11H9NO3S. The van der Waals surface area contributed by atoms with Crippen molar-refractivity contribution >= 4 is 17.7 Å². The standard InChI is InChI=1S/C11H9NO3S/c13-11(14)9-1-3-12-10(5-9)16-7-8-2-4-15-6-8/h1-6H,7H2,(H,13,14). The lowest BCUT2D eigenvalue weighted by atomic mass is 10.3. The molecule has 0 fully saturated rings. The Balaban J connectivity index is 2.04. The number of nitrogens with zero attached hydrogens (tertiary/aromatic N) is 1. The van der Waals surface area contributed by atoms with Crippen molar-refractivity contribution in [2.24, 2.45) is 0 Å². The van der Waals surface area contributed by atoms with Crippen molar-refractivity contribution in [1.29, 1.82) is 0 Å². The van der Waals surface area contributed by atoms with Crippen molar-refractivity contribution in [3.05, 3.63) is 48.0 Å². The molecule has 2 heterocycles. The van der Waals surface area contributed by atoms with Crippen molar-refractivity contribution in [2.45, 2.75) is 10.8 Å². The normalized spacial score (nSPS) is 10.2. The number of hydrogen-bond acceptors (Lipinski definition) is 4. The van der Waals surface area contributed by atoms with Gasteiger partial charge in [-0.25, -0.2) is 9.78 Å². The zero-order valence-corrected chi connectivity index (χ0v) is 9.11. The van der Waals surface area contributed by atoms with Crippen molar-refractivity contribution in [2.75, 3.05) is 0 Å². The Morgan fingerprint density at radius 3 is 3.06 bits per heavy atom. The number of thioether (sulfide) groups is 1. The molecular weight excluding hydrogens is 226 g/mol. The van der Waals surface area contributed by atoms with Gasteiger partial charge in [0.2, 0.25) is 0 Å². The van der Waals surface area contributed by atoms with Crippen LogP contribution in [0.3, 0.4) is 0 Å². The van der Waals surface area contributed by atoms with Crippen LogP contribution in [0.15, 0.2) is 46.4 Å². The number of rotatable bonds is 4. The van der Waals surface area contributed by atoms with E-state index in [2.05, 4.69) is 4.98 Å². The van der Waals surface area contributed by atoms with Gasteiger partial charge in [0.15, 0.2) is 0 Å². The first-order chi connectivity index (χ1) is 7.75. The van der Waals surface area contributed by atoms with Crippen LogP contribution in [-0.4, -0.2) is 16.1 Å². The minimum atomic E-state index is -0.937. The van der Waals surface area contributed by atoms with E-state index < -0.39 is 5.97 Å². The van der Waals surface area contributed by atoms with Crippen molar-refractivity contribution in [3.63, 3.8) is 0 Å². The largest absolute Gasteiger partial charge is 0.478 e. The monoisotopic (exact) mass is 235 g/mol. The highest BCUT2D eigenvalue weighted by atomic mass is 32.2. The maximum Gasteiger partial charge on any atom is 0.335 e. The first kappa shape index (κ1) is 10.8.